The van der Waals surface area contributed by atoms with Gasteiger partial charge in [0.05, 0.1) is 6.61 Å². The maximum atomic E-state index is 10.5. The highest BCUT2D eigenvalue weighted by Gasteiger charge is 2.07. The molecular weight excluding hydrogens is 168 g/mol. The van der Waals surface area contributed by atoms with Crippen LogP contribution < -0.4 is 4.74 Å². The summed E-state index contributed by atoms with van der Waals surface area (Å²) in [4.78, 5) is 10.5. The van der Waals surface area contributed by atoms with Gasteiger partial charge in [-0.2, -0.15) is 0 Å². The van der Waals surface area contributed by atoms with Crippen LogP contribution in [0.1, 0.15) is 17.5 Å². The molecule has 0 bridgehead atoms. The number of rotatable bonds is 3. The van der Waals surface area contributed by atoms with Crippen LogP contribution in [0.2, 0.25) is 0 Å². The molecule has 1 rings (SSSR count). The Morgan fingerprint density at radius 1 is 1.73 bits per heavy atom. The first-order chi connectivity index (χ1) is 5.24. The largest absolute Gasteiger partial charge is 0.465 e. The SMILES string of the molecule is CCOc1ccc(C(=O)Cl)o1. The zero-order valence-corrected chi connectivity index (χ0v) is 6.72. The maximum absolute atomic E-state index is 10.5. The average molecular weight is 175 g/mol. The van der Waals surface area contributed by atoms with Crippen molar-refractivity contribution in [3.63, 3.8) is 0 Å². The second-order valence-electron chi connectivity index (χ2n) is 1.83. The third-order valence-corrected chi connectivity index (χ3v) is 1.25. The minimum atomic E-state index is -0.615. The molecule has 3 nitrogen and oxygen atoms in total. The molecule has 0 aliphatic rings. The third kappa shape index (κ3) is 1.98. The zero-order valence-electron chi connectivity index (χ0n) is 5.96. The summed E-state index contributed by atoms with van der Waals surface area (Å²) in [5.41, 5.74) is 0. The van der Waals surface area contributed by atoms with Gasteiger partial charge in [0.15, 0.2) is 5.76 Å². The first-order valence-electron chi connectivity index (χ1n) is 3.16. The van der Waals surface area contributed by atoms with E-state index in [9.17, 15) is 4.79 Å². The van der Waals surface area contributed by atoms with Gasteiger partial charge in [0, 0.05) is 6.07 Å². The molecule has 0 aromatic carbocycles. The van der Waals surface area contributed by atoms with Gasteiger partial charge in [0.1, 0.15) is 0 Å². The molecule has 0 atom stereocenters. The van der Waals surface area contributed by atoms with Crippen molar-refractivity contribution in [1.82, 2.24) is 0 Å². The van der Waals surface area contributed by atoms with Crippen LogP contribution in [0.5, 0.6) is 5.95 Å². The Balaban J connectivity index is 2.73. The van der Waals surface area contributed by atoms with Crippen LogP contribution >= 0.6 is 11.6 Å². The standard InChI is InChI=1S/C7H7ClO3/c1-2-10-6-4-3-5(11-6)7(8)9/h3-4H,2H2,1H3. The van der Waals surface area contributed by atoms with E-state index in [4.69, 9.17) is 20.8 Å². The summed E-state index contributed by atoms with van der Waals surface area (Å²) < 4.78 is 9.84. The van der Waals surface area contributed by atoms with Gasteiger partial charge in [-0.3, -0.25) is 4.79 Å². The van der Waals surface area contributed by atoms with Gasteiger partial charge >= 0.3 is 0 Å². The van der Waals surface area contributed by atoms with E-state index in [2.05, 4.69) is 0 Å². The molecule has 11 heavy (non-hydrogen) atoms. The highest BCUT2D eigenvalue weighted by molar-refractivity contribution is 6.67. The van der Waals surface area contributed by atoms with Crippen molar-refractivity contribution < 1.29 is 13.9 Å². The number of carbonyl (C=O) groups excluding carboxylic acids is 1. The lowest BCUT2D eigenvalue weighted by Gasteiger charge is -1.94. The average Bonchev–Trinajstić information content (AvgIpc) is 2.37. The van der Waals surface area contributed by atoms with Gasteiger partial charge in [-0.05, 0) is 24.6 Å². The van der Waals surface area contributed by atoms with Crippen LogP contribution in [0.4, 0.5) is 0 Å². The van der Waals surface area contributed by atoms with Crippen LogP contribution in [-0.4, -0.2) is 11.8 Å². The van der Waals surface area contributed by atoms with E-state index in [1.54, 1.807) is 6.07 Å². The van der Waals surface area contributed by atoms with Crippen LogP contribution in [-0.2, 0) is 0 Å². The van der Waals surface area contributed by atoms with Crippen molar-refractivity contribution in [1.29, 1.82) is 0 Å². The molecule has 0 fully saturated rings. The number of carbonyl (C=O) groups is 1. The van der Waals surface area contributed by atoms with Gasteiger partial charge < -0.3 is 9.15 Å². The molecule has 0 saturated carbocycles. The third-order valence-electron chi connectivity index (χ3n) is 1.06. The zero-order chi connectivity index (χ0) is 8.27. The second kappa shape index (κ2) is 3.44. The van der Waals surface area contributed by atoms with E-state index in [-0.39, 0.29) is 5.76 Å². The van der Waals surface area contributed by atoms with Crippen molar-refractivity contribution >= 4 is 16.8 Å². The Morgan fingerprint density at radius 2 is 2.45 bits per heavy atom. The molecule has 0 radical (unpaired) electrons. The first-order valence-corrected chi connectivity index (χ1v) is 3.54. The predicted octanol–water partition coefficient (Wildman–Crippen LogP) is 2.06. The molecule has 0 aliphatic heterocycles. The van der Waals surface area contributed by atoms with Crippen LogP contribution in [0.25, 0.3) is 0 Å². The minimum absolute atomic E-state index is 0.107. The molecule has 60 valence electrons. The number of halogens is 1. The van der Waals surface area contributed by atoms with Crippen LogP contribution in [0.15, 0.2) is 16.5 Å². The summed E-state index contributed by atoms with van der Waals surface area (Å²) in [6, 6.07) is 3.03. The molecule has 0 N–H and O–H groups in total. The molecule has 0 amide bonds. The quantitative estimate of drug-likeness (QED) is 0.659. The maximum Gasteiger partial charge on any atom is 0.287 e. The second-order valence-corrected chi connectivity index (χ2v) is 2.17. The van der Waals surface area contributed by atoms with Gasteiger partial charge in [-0.25, -0.2) is 0 Å². The predicted molar refractivity (Wildman–Crippen MR) is 40.1 cm³/mol. The van der Waals surface area contributed by atoms with Gasteiger partial charge in [0.2, 0.25) is 0 Å². The Morgan fingerprint density at radius 3 is 2.91 bits per heavy atom. The Hall–Kier alpha value is -0.960. The van der Waals surface area contributed by atoms with E-state index in [1.165, 1.54) is 6.07 Å². The number of ether oxygens (including phenoxy) is 1. The normalized spacial score (nSPS) is 9.64. The van der Waals surface area contributed by atoms with Crippen molar-refractivity contribution in [2.75, 3.05) is 6.61 Å². The monoisotopic (exact) mass is 174 g/mol. The molecule has 0 spiro atoms. The Kier molecular flexibility index (Phi) is 2.54. The summed E-state index contributed by atoms with van der Waals surface area (Å²) in [6.07, 6.45) is 0. The summed E-state index contributed by atoms with van der Waals surface area (Å²) in [5, 5.41) is -0.615. The molecule has 1 heterocycles. The number of hydrogen-bond acceptors (Lipinski definition) is 3. The fourth-order valence-electron chi connectivity index (χ4n) is 0.646. The lowest BCUT2D eigenvalue weighted by molar-refractivity contribution is 0.104. The number of hydrogen-bond donors (Lipinski definition) is 0. The molecule has 1 aromatic rings. The van der Waals surface area contributed by atoms with Crippen molar-refractivity contribution in [3.8, 4) is 5.95 Å². The molecule has 4 heteroatoms. The first kappa shape index (κ1) is 8.14. The minimum Gasteiger partial charge on any atom is -0.465 e. The molecule has 0 aliphatic carbocycles. The van der Waals surface area contributed by atoms with E-state index >= 15 is 0 Å². The van der Waals surface area contributed by atoms with Gasteiger partial charge in [-0.15, -0.1) is 0 Å². The summed E-state index contributed by atoms with van der Waals surface area (Å²) in [7, 11) is 0. The molecule has 0 saturated heterocycles. The fraction of sp³-hybridized carbons (Fsp3) is 0.286. The molecule has 1 aromatic heterocycles. The van der Waals surface area contributed by atoms with Gasteiger partial charge in [-0.1, -0.05) is 0 Å². The van der Waals surface area contributed by atoms with Crippen molar-refractivity contribution in [2.24, 2.45) is 0 Å². The van der Waals surface area contributed by atoms with Gasteiger partial charge in [0.25, 0.3) is 11.2 Å². The topological polar surface area (TPSA) is 39.4 Å². The van der Waals surface area contributed by atoms with E-state index in [0.717, 1.165) is 0 Å². The van der Waals surface area contributed by atoms with Crippen LogP contribution in [0, 0.1) is 0 Å². The lowest BCUT2D eigenvalue weighted by atomic mass is 10.5. The summed E-state index contributed by atoms with van der Waals surface area (Å²) >= 11 is 5.13. The highest BCUT2D eigenvalue weighted by Crippen LogP contribution is 2.16. The van der Waals surface area contributed by atoms with E-state index in [0.29, 0.717) is 12.6 Å². The number of furan rings is 1. The smallest absolute Gasteiger partial charge is 0.287 e. The Bertz CT molecular complexity index is 254. The fourth-order valence-corrected chi connectivity index (χ4v) is 0.747. The van der Waals surface area contributed by atoms with Crippen molar-refractivity contribution in [3.05, 3.63) is 17.9 Å². The van der Waals surface area contributed by atoms with Crippen molar-refractivity contribution in [2.45, 2.75) is 6.92 Å². The van der Waals surface area contributed by atoms with E-state index in [1.807, 2.05) is 6.92 Å². The lowest BCUT2D eigenvalue weighted by Crippen LogP contribution is -1.88. The summed E-state index contributed by atoms with van der Waals surface area (Å²) in [5.74, 6) is 0.423. The molecule has 0 unspecified atom stereocenters. The van der Waals surface area contributed by atoms with Crippen LogP contribution in [0.3, 0.4) is 0 Å². The molecular formula is C7H7ClO3. The summed E-state index contributed by atoms with van der Waals surface area (Å²) in [6.45, 7) is 2.33. The Labute approximate surface area is 68.9 Å². The highest BCUT2D eigenvalue weighted by atomic mass is 35.5. The van der Waals surface area contributed by atoms with E-state index < -0.39 is 5.24 Å².